The summed E-state index contributed by atoms with van der Waals surface area (Å²) >= 11 is 0. The number of nitrogens with one attached hydrogen (secondary N) is 1. The average molecular weight is 497 g/mol. The van der Waals surface area contributed by atoms with Crippen LogP contribution in [0.1, 0.15) is 65.5 Å². The minimum Gasteiger partial charge on any atom is -0.352 e. The van der Waals surface area contributed by atoms with Gasteiger partial charge in [-0.3, -0.25) is 9.59 Å². The molecule has 194 valence electrons. The summed E-state index contributed by atoms with van der Waals surface area (Å²) in [6.45, 7) is 6.58. The van der Waals surface area contributed by atoms with Gasteiger partial charge < -0.3 is 10.2 Å². The number of carbonyl (C=O) groups is 2. The third-order valence-corrected chi connectivity index (χ3v) is 7.29. The maximum Gasteiger partial charge on any atom is 0.243 e. The fraction of sp³-hybridized carbons (Fsp3) is 0.394. The summed E-state index contributed by atoms with van der Waals surface area (Å²) in [5.41, 5.74) is 6.51. The Hall–Kier alpha value is -3.40. The molecule has 0 aromatic heterocycles. The van der Waals surface area contributed by atoms with Gasteiger partial charge in [0.05, 0.1) is 6.42 Å². The number of hydrogen-bond acceptors (Lipinski definition) is 2. The lowest BCUT2D eigenvalue weighted by Gasteiger charge is -2.33. The molecule has 0 aliphatic heterocycles. The van der Waals surface area contributed by atoms with Crippen molar-refractivity contribution in [3.63, 3.8) is 0 Å². The zero-order valence-electron chi connectivity index (χ0n) is 22.5. The predicted octanol–water partition coefficient (Wildman–Crippen LogP) is 6.24. The molecule has 0 spiro atoms. The topological polar surface area (TPSA) is 49.4 Å². The standard InChI is InChI=1S/C33H40N2O2/c1-24-11-10-14-28(18-24)23-35(32(36)22-29-19-25(2)17-26(3)20-29)31(21-27-12-6-4-7-13-27)33(37)34-30-15-8-5-9-16-30/h4,6-7,10-14,17-20,30-31H,5,8-9,15-16,21-23H2,1-3H3,(H,34,37). The maximum absolute atomic E-state index is 14.0. The van der Waals surface area contributed by atoms with Crippen LogP contribution in [0.2, 0.25) is 0 Å². The number of rotatable bonds is 9. The largest absolute Gasteiger partial charge is 0.352 e. The average Bonchev–Trinajstić information content (AvgIpc) is 2.86. The molecule has 1 N–H and O–H groups in total. The summed E-state index contributed by atoms with van der Waals surface area (Å²) in [5, 5.41) is 3.32. The number of nitrogens with zero attached hydrogens (tertiary/aromatic N) is 1. The molecular formula is C33H40N2O2. The quantitative estimate of drug-likeness (QED) is 0.381. The highest BCUT2D eigenvalue weighted by atomic mass is 16.2. The van der Waals surface area contributed by atoms with Crippen LogP contribution in [0.4, 0.5) is 0 Å². The zero-order chi connectivity index (χ0) is 26.2. The molecule has 0 heterocycles. The highest BCUT2D eigenvalue weighted by molar-refractivity contribution is 5.89. The third-order valence-electron chi connectivity index (χ3n) is 7.29. The summed E-state index contributed by atoms with van der Waals surface area (Å²) < 4.78 is 0. The first kappa shape index (κ1) is 26.7. The fourth-order valence-corrected chi connectivity index (χ4v) is 5.55. The molecule has 4 heteroatoms. The molecule has 1 aliphatic rings. The fourth-order valence-electron chi connectivity index (χ4n) is 5.55. The van der Waals surface area contributed by atoms with Gasteiger partial charge in [0.15, 0.2) is 0 Å². The van der Waals surface area contributed by atoms with Crippen molar-refractivity contribution in [3.8, 4) is 0 Å². The minimum absolute atomic E-state index is 0.0220. The van der Waals surface area contributed by atoms with E-state index in [1.807, 2.05) is 47.4 Å². The lowest BCUT2D eigenvalue weighted by molar-refractivity contribution is -0.141. The summed E-state index contributed by atoms with van der Waals surface area (Å²) in [6, 6.07) is 24.2. The second kappa shape index (κ2) is 12.7. The molecule has 0 saturated heterocycles. The van der Waals surface area contributed by atoms with Gasteiger partial charge in [-0.05, 0) is 50.3 Å². The van der Waals surface area contributed by atoms with Gasteiger partial charge in [-0.15, -0.1) is 0 Å². The second-order valence-electron chi connectivity index (χ2n) is 10.7. The van der Waals surface area contributed by atoms with Gasteiger partial charge in [-0.25, -0.2) is 0 Å². The normalized spacial score (nSPS) is 14.7. The smallest absolute Gasteiger partial charge is 0.243 e. The summed E-state index contributed by atoms with van der Waals surface area (Å²) in [6.07, 6.45) is 6.31. The number of amides is 2. The van der Waals surface area contributed by atoms with Crippen molar-refractivity contribution in [2.24, 2.45) is 0 Å². The molecule has 0 radical (unpaired) electrons. The van der Waals surface area contributed by atoms with Crippen molar-refractivity contribution in [1.82, 2.24) is 10.2 Å². The van der Waals surface area contributed by atoms with Crippen LogP contribution in [0.15, 0.2) is 72.8 Å². The Labute approximate surface area is 222 Å². The van der Waals surface area contributed by atoms with E-state index in [-0.39, 0.29) is 24.3 Å². The summed E-state index contributed by atoms with van der Waals surface area (Å²) in [5.74, 6) is -0.0663. The van der Waals surface area contributed by atoms with Crippen molar-refractivity contribution in [1.29, 1.82) is 0 Å². The third kappa shape index (κ3) is 7.79. The molecular weight excluding hydrogens is 456 g/mol. The van der Waals surface area contributed by atoms with Gasteiger partial charge in [0.1, 0.15) is 6.04 Å². The number of aryl methyl sites for hydroxylation is 3. The molecule has 37 heavy (non-hydrogen) atoms. The van der Waals surface area contributed by atoms with Crippen molar-refractivity contribution in [3.05, 3.63) is 106 Å². The molecule has 1 aliphatic carbocycles. The first-order valence-electron chi connectivity index (χ1n) is 13.6. The lowest BCUT2D eigenvalue weighted by atomic mass is 9.94. The van der Waals surface area contributed by atoms with Crippen LogP contribution in [0.3, 0.4) is 0 Å². The molecule has 4 nitrogen and oxygen atoms in total. The monoisotopic (exact) mass is 496 g/mol. The number of carbonyl (C=O) groups excluding carboxylic acids is 2. The SMILES string of the molecule is Cc1cc(C)cc(CC(=O)N(Cc2cccc(C)c2)C(Cc2ccccc2)C(=O)NC2CCCCC2)c1. The van der Waals surface area contributed by atoms with E-state index in [0.29, 0.717) is 13.0 Å². The van der Waals surface area contributed by atoms with E-state index in [4.69, 9.17) is 0 Å². The predicted molar refractivity (Wildman–Crippen MR) is 150 cm³/mol. The Morgan fingerprint density at radius 2 is 1.43 bits per heavy atom. The first-order chi connectivity index (χ1) is 17.9. The van der Waals surface area contributed by atoms with Crippen molar-refractivity contribution >= 4 is 11.8 Å². The van der Waals surface area contributed by atoms with E-state index >= 15 is 0 Å². The first-order valence-corrected chi connectivity index (χ1v) is 13.6. The molecule has 1 fully saturated rings. The van der Waals surface area contributed by atoms with Crippen molar-refractivity contribution < 1.29 is 9.59 Å². The Bertz CT molecular complexity index is 1180. The van der Waals surface area contributed by atoms with E-state index in [1.54, 1.807) is 0 Å². The van der Waals surface area contributed by atoms with E-state index in [1.165, 1.54) is 6.42 Å². The van der Waals surface area contributed by atoms with E-state index in [9.17, 15) is 9.59 Å². The molecule has 2 amide bonds. The number of hydrogen-bond donors (Lipinski definition) is 1. The summed E-state index contributed by atoms with van der Waals surface area (Å²) in [4.78, 5) is 29.7. The van der Waals surface area contributed by atoms with Crippen molar-refractivity contribution in [2.75, 3.05) is 0 Å². The zero-order valence-corrected chi connectivity index (χ0v) is 22.5. The van der Waals surface area contributed by atoms with Gasteiger partial charge in [0, 0.05) is 19.0 Å². The molecule has 3 aromatic rings. The van der Waals surface area contributed by atoms with Gasteiger partial charge in [0.25, 0.3) is 0 Å². The van der Waals surface area contributed by atoms with Crippen LogP contribution < -0.4 is 5.32 Å². The van der Waals surface area contributed by atoms with Crippen LogP contribution in [0, 0.1) is 20.8 Å². The Balaban J connectivity index is 1.67. The second-order valence-corrected chi connectivity index (χ2v) is 10.7. The Morgan fingerprint density at radius 1 is 0.784 bits per heavy atom. The van der Waals surface area contributed by atoms with Crippen LogP contribution in [0.25, 0.3) is 0 Å². The van der Waals surface area contributed by atoms with E-state index in [2.05, 4.69) is 56.4 Å². The van der Waals surface area contributed by atoms with Crippen LogP contribution in [0.5, 0.6) is 0 Å². The van der Waals surface area contributed by atoms with Crippen LogP contribution >= 0.6 is 0 Å². The van der Waals surface area contributed by atoms with Gasteiger partial charge in [0.2, 0.25) is 11.8 Å². The lowest BCUT2D eigenvalue weighted by Crippen LogP contribution is -2.53. The van der Waals surface area contributed by atoms with E-state index in [0.717, 1.165) is 59.1 Å². The molecule has 1 unspecified atom stereocenters. The van der Waals surface area contributed by atoms with Crippen LogP contribution in [-0.4, -0.2) is 28.8 Å². The highest BCUT2D eigenvalue weighted by Gasteiger charge is 2.32. The molecule has 4 rings (SSSR count). The Kier molecular flexibility index (Phi) is 9.16. The van der Waals surface area contributed by atoms with Crippen molar-refractivity contribution in [2.45, 2.75) is 84.3 Å². The summed E-state index contributed by atoms with van der Waals surface area (Å²) in [7, 11) is 0. The highest BCUT2D eigenvalue weighted by Crippen LogP contribution is 2.21. The molecule has 3 aromatic carbocycles. The number of benzene rings is 3. The van der Waals surface area contributed by atoms with Gasteiger partial charge in [-0.1, -0.05) is 109 Å². The maximum atomic E-state index is 14.0. The molecule has 1 saturated carbocycles. The van der Waals surface area contributed by atoms with Crippen LogP contribution in [-0.2, 0) is 29.0 Å². The molecule has 1 atom stereocenters. The van der Waals surface area contributed by atoms with Gasteiger partial charge >= 0.3 is 0 Å². The van der Waals surface area contributed by atoms with E-state index < -0.39 is 6.04 Å². The van der Waals surface area contributed by atoms with Gasteiger partial charge in [-0.2, -0.15) is 0 Å². The minimum atomic E-state index is -0.580. The Morgan fingerprint density at radius 3 is 2.11 bits per heavy atom. The molecule has 0 bridgehead atoms.